The van der Waals surface area contributed by atoms with E-state index in [9.17, 15) is 0 Å². The molecule has 1 aromatic rings. The highest BCUT2D eigenvalue weighted by Crippen LogP contribution is 2.25. The molecule has 3 nitrogen and oxygen atoms in total. The number of hydrogen-bond acceptors (Lipinski definition) is 3. The summed E-state index contributed by atoms with van der Waals surface area (Å²) in [5, 5.41) is 3.55. The summed E-state index contributed by atoms with van der Waals surface area (Å²) in [4.78, 5) is 0. The van der Waals surface area contributed by atoms with Crippen molar-refractivity contribution in [3.05, 3.63) is 29.8 Å². The van der Waals surface area contributed by atoms with E-state index in [0.29, 0.717) is 6.10 Å². The third-order valence-corrected chi connectivity index (χ3v) is 3.52. The van der Waals surface area contributed by atoms with E-state index in [2.05, 4.69) is 37.4 Å². The van der Waals surface area contributed by atoms with Gasteiger partial charge in [0, 0.05) is 24.8 Å². The Bertz CT molecular complexity index is 375. The predicted molar refractivity (Wildman–Crippen MR) is 77.6 cm³/mol. The summed E-state index contributed by atoms with van der Waals surface area (Å²) in [5.41, 5.74) is 1.23. The first-order valence-electron chi connectivity index (χ1n) is 7.38. The van der Waals surface area contributed by atoms with E-state index in [1.807, 2.05) is 6.07 Å². The molecule has 2 rings (SSSR count). The van der Waals surface area contributed by atoms with Gasteiger partial charge in [0.1, 0.15) is 5.75 Å². The molecule has 3 heteroatoms. The van der Waals surface area contributed by atoms with E-state index >= 15 is 0 Å². The van der Waals surface area contributed by atoms with Crippen LogP contribution in [0.5, 0.6) is 5.75 Å². The van der Waals surface area contributed by atoms with Crippen molar-refractivity contribution in [3.63, 3.8) is 0 Å². The Labute approximate surface area is 116 Å². The van der Waals surface area contributed by atoms with Gasteiger partial charge in [-0.1, -0.05) is 25.1 Å². The first kappa shape index (κ1) is 14.4. The molecule has 1 aliphatic heterocycles. The topological polar surface area (TPSA) is 30.5 Å². The van der Waals surface area contributed by atoms with Crippen molar-refractivity contribution in [1.29, 1.82) is 0 Å². The van der Waals surface area contributed by atoms with Crippen LogP contribution in [0.25, 0.3) is 0 Å². The zero-order valence-electron chi connectivity index (χ0n) is 12.0. The van der Waals surface area contributed by atoms with Gasteiger partial charge >= 0.3 is 0 Å². The van der Waals surface area contributed by atoms with E-state index < -0.39 is 0 Å². The van der Waals surface area contributed by atoms with Crippen LogP contribution in [0, 0.1) is 0 Å². The molecule has 0 amide bonds. The number of hydrogen-bond donors (Lipinski definition) is 1. The Kier molecular flexibility index (Phi) is 5.67. The molecule has 0 aliphatic carbocycles. The van der Waals surface area contributed by atoms with Crippen molar-refractivity contribution in [2.24, 2.45) is 0 Å². The maximum Gasteiger partial charge on any atom is 0.124 e. The van der Waals surface area contributed by atoms with Gasteiger partial charge in [-0.25, -0.2) is 0 Å². The molecule has 0 spiro atoms. The van der Waals surface area contributed by atoms with Gasteiger partial charge in [0.15, 0.2) is 0 Å². The third kappa shape index (κ3) is 4.22. The lowest BCUT2D eigenvalue weighted by Crippen LogP contribution is -2.28. The highest BCUT2D eigenvalue weighted by Gasteiger charge is 2.17. The van der Waals surface area contributed by atoms with Crippen molar-refractivity contribution >= 4 is 0 Å². The molecule has 1 aromatic carbocycles. The van der Waals surface area contributed by atoms with Crippen LogP contribution < -0.4 is 10.1 Å². The van der Waals surface area contributed by atoms with Gasteiger partial charge in [0.25, 0.3) is 0 Å². The SMILES string of the molecule is CCCOc1ccccc1[C@@H](C)NC[C@H]1CCCO1. The Morgan fingerprint density at radius 2 is 2.26 bits per heavy atom. The monoisotopic (exact) mass is 263 g/mol. The number of rotatable bonds is 7. The molecule has 2 atom stereocenters. The first-order valence-corrected chi connectivity index (χ1v) is 7.38. The second-order valence-corrected chi connectivity index (χ2v) is 5.15. The molecule has 0 unspecified atom stereocenters. The van der Waals surface area contributed by atoms with Crippen LogP contribution in [-0.2, 0) is 4.74 Å². The van der Waals surface area contributed by atoms with Crippen LogP contribution in [0.2, 0.25) is 0 Å². The van der Waals surface area contributed by atoms with Crippen molar-refractivity contribution in [2.45, 2.75) is 45.3 Å². The largest absolute Gasteiger partial charge is 0.493 e. The fraction of sp³-hybridized carbons (Fsp3) is 0.625. The van der Waals surface area contributed by atoms with E-state index in [1.54, 1.807) is 0 Å². The van der Waals surface area contributed by atoms with Crippen molar-refractivity contribution in [2.75, 3.05) is 19.8 Å². The normalized spacial score (nSPS) is 20.4. The predicted octanol–water partition coefficient (Wildman–Crippen LogP) is 3.31. The third-order valence-electron chi connectivity index (χ3n) is 3.52. The van der Waals surface area contributed by atoms with Crippen LogP contribution in [0.1, 0.15) is 44.7 Å². The van der Waals surface area contributed by atoms with Gasteiger partial charge in [-0.15, -0.1) is 0 Å². The first-order chi connectivity index (χ1) is 9.31. The van der Waals surface area contributed by atoms with Gasteiger partial charge in [-0.05, 0) is 32.3 Å². The lowest BCUT2D eigenvalue weighted by Gasteiger charge is -2.20. The summed E-state index contributed by atoms with van der Waals surface area (Å²) < 4.78 is 11.4. The minimum absolute atomic E-state index is 0.289. The molecule has 0 bridgehead atoms. The summed E-state index contributed by atoms with van der Waals surface area (Å²) in [6, 6.07) is 8.57. The standard InChI is InChI=1S/C16H25NO2/c1-3-10-19-16-9-5-4-8-15(16)13(2)17-12-14-7-6-11-18-14/h4-5,8-9,13-14,17H,3,6-7,10-12H2,1-2H3/t13-,14-/m1/s1. The van der Waals surface area contributed by atoms with Gasteiger partial charge in [0.2, 0.25) is 0 Å². The van der Waals surface area contributed by atoms with Crippen molar-refractivity contribution in [1.82, 2.24) is 5.32 Å². The van der Waals surface area contributed by atoms with Gasteiger partial charge in [-0.3, -0.25) is 0 Å². The van der Waals surface area contributed by atoms with Crippen LogP contribution in [-0.4, -0.2) is 25.9 Å². The van der Waals surface area contributed by atoms with Crippen LogP contribution in [0.15, 0.2) is 24.3 Å². The van der Waals surface area contributed by atoms with Gasteiger partial charge < -0.3 is 14.8 Å². The number of ether oxygens (including phenoxy) is 2. The van der Waals surface area contributed by atoms with E-state index in [0.717, 1.165) is 31.9 Å². The molecule has 0 saturated carbocycles. The molecule has 0 aromatic heterocycles. The van der Waals surface area contributed by atoms with E-state index in [-0.39, 0.29) is 6.04 Å². The Balaban J connectivity index is 1.91. The molecule has 106 valence electrons. The van der Waals surface area contributed by atoms with Gasteiger partial charge in [-0.2, -0.15) is 0 Å². The van der Waals surface area contributed by atoms with Crippen LogP contribution in [0.3, 0.4) is 0 Å². The number of para-hydroxylation sites is 1. The number of nitrogens with one attached hydrogen (secondary N) is 1. The smallest absolute Gasteiger partial charge is 0.124 e. The Morgan fingerprint density at radius 1 is 1.42 bits per heavy atom. The van der Waals surface area contributed by atoms with E-state index in [1.165, 1.54) is 18.4 Å². The summed E-state index contributed by atoms with van der Waals surface area (Å²) in [7, 11) is 0. The lowest BCUT2D eigenvalue weighted by molar-refractivity contribution is 0.108. The summed E-state index contributed by atoms with van der Waals surface area (Å²) in [5.74, 6) is 0.997. The van der Waals surface area contributed by atoms with Crippen LogP contribution in [0.4, 0.5) is 0 Å². The fourth-order valence-corrected chi connectivity index (χ4v) is 2.41. The Hall–Kier alpha value is -1.06. The Morgan fingerprint density at radius 3 is 3.00 bits per heavy atom. The van der Waals surface area contributed by atoms with Crippen LogP contribution >= 0.6 is 0 Å². The molecule has 1 heterocycles. The average molecular weight is 263 g/mol. The molecule has 1 aliphatic rings. The van der Waals surface area contributed by atoms with Crippen molar-refractivity contribution < 1.29 is 9.47 Å². The second kappa shape index (κ2) is 7.51. The minimum atomic E-state index is 0.289. The molecule has 1 N–H and O–H groups in total. The quantitative estimate of drug-likeness (QED) is 0.818. The minimum Gasteiger partial charge on any atom is -0.493 e. The van der Waals surface area contributed by atoms with Crippen molar-refractivity contribution in [3.8, 4) is 5.75 Å². The number of benzene rings is 1. The molecule has 19 heavy (non-hydrogen) atoms. The highest BCUT2D eigenvalue weighted by molar-refractivity contribution is 5.35. The maximum atomic E-state index is 5.81. The zero-order chi connectivity index (χ0) is 13.5. The fourth-order valence-electron chi connectivity index (χ4n) is 2.41. The molecule has 0 radical (unpaired) electrons. The summed E-state index contributed by atoms with van der Waals surface area (Å²) in [6.07, 6.45) is 3.78. The van der Waals surface area contributed by atoms with Gasteiger partial charge in [0.05, 0.1) is 12.7 Å². The average Bonchev–Trinajstić information content (AvgIpc) is 2.96. The zero-order valence-corrected chi connectivity index (χ0v) is 12.0. The highest BCUT2D eigenvalue weighted by atomic mass is 16.5. The second-order valence-electron chi connectivity index (χ2n) is 5.15. The molecule has 1 saturated heterocycles. The molecule has 1 fully saturated rings. The maximum absolute atomic E-state index is 5.81. The summed E-state index contributed by atoms with van der Waals surface area (Å²) >= 11 is 0. The summed E-state index contributed by atoms with van der Waals surface area (Å²) in [6.45, 7) is 6.92. The molecular formula is C16H25NO2. The van der Waals surface area contributed by atoms with E-state index in [4.69, 9.17) is 9.47 Å². The lowest BCUT2D eigenvalue weighted by atomic mass is 10.1. The molecular weight excluding hydrogens is 238 g/mol.